The first-order valence-electron chi connectivity index (χ1n) is 7.67. The summed E-state index contributed by atoms with van der Waals surface area (Å²) in [6.07, 6.45) is 0.335. The number of amides is 1. The molecule has 1 heterocycles. The minimum atomic E-state index is 0. The lowest BCUT2D eigenvalue weighted by molar-refractivity contribution is -0.120. The summed E-state index contributed by atoms with van der Waals surface area (Å²) in [6, 6.07) is 7.75. The fourth-order valence-electron chi connectivity index (χ4n) is 2.36. The average Bonchev–Trinajstić information content (AvgIpc) is 2.81. The SMILES string of the molecule is CNC(C)CNC(=O)Cc1c(C)nn(-c2ccc(Cl)cc2)c1C.Cl. The fraction of sp³-hybridized carbons (Fsp3) is 0.412. The monoisotopic (exact) mass is 370 g/mol. The molecule has 1 aromatic carbocycles. The maximum Gasteiger partial charge on any atom is 0.224 e. The molecule has 0 radical (unpaired) electrons. The summed E-state index contributed by atoms with van der Waals surface area (Å²) in [5.41, 5.74) is 3.75. The number of hydrogen-bond acceptors (Lipinski definition) is 3. The van der Waals surface area contributed by atoms with E-state index in [4.69, 9.17) is 11.6 Å². The highest BCUT2D eigenvalue weighted by atomic mass is 35.5. The van der Waals surface area contributed by atoms with Gasteiger partial charge in [-0.2, -0.15) is 5.10 Å². The standard InChI is InChI=1S/C17H23ClN4O.ClH/c1-11(19-4)10-20-17(23)9-16-12(2)21-22(13(16)3)15-7-5-14(18)6-8-15;/h5-8,11,19H,9-10H2,1-4H3,(H,20,23);1H. The third kappa shape index (κ3) is 4.97. The van der Waals surface area contributed by atoms with Crippen LogP contribution < -0.4 is 10.6 Å². The first-order chi connectivity index (χ1) is 10.9. The van der Waals surface area contributed by atoms with Gasteiger partial charge in [0.05, 0.1) is 17.8 Å². The van der Waals surface area contributed by atoms with Crippen LogP contribution in [0.25, 0.3) is 5.69 Å². The third-order valence-electron chi connectivity index (χ3n) is 3.95. The van der Waals surface area contributed by atoms with Crippen molar-refractivity contribution in [2.75, 3.05) is 13.6 Å². The number of aromatic nitrogens is 2. The zero-order valence-electron chi connectivity index (χ0n) is 14.4. The van der Waals surface area contributed by atoms with Crippen LogP contribution in [0, 0.1) is 13.8 Å². The van der Waals surface area contributed by atoms with Gasteiger partial charge in [0.15, 0.2) is 0 Å². The van der Waals surface area contributed by atoms with E-state index >= 15 is 0 Å². The second-order valence-corrected chi connectivity index (χ2v) is 6.14. The fourth-order valence-corrected chi connectivity index (χ4v) is 2.48. The quantitative estimate of drug-likeness (QED) is 0.821. The molecule has 2 N–H and O–H groups in total. The molecule has 0 spiro atoms. The number of nitrogens with one attached hydrogen (secondary N) is 2. The second kappa shape index (κ2) is 9.06. The largest absolute Gasteiger partial charge is 0.354 e. The van der Waals surface area contributed by atoms with Crippen molar-refractivity contribution in [2.24, 2.45) is 0 Å². The van der Waals surface area contributed by atoms with Crippen LogP contribution in [0.5, 0.6) is 0 Å². The molecule has 0 aliphatic carbocycles. The molecule has 132 valence electrons. The molecule has 24 heavy (non-hydrogen) atoms. The van der Waals surface area contributed by atoms with Gasteiger partial charge in [-0.05, 0) is 52.1 Å². The van der Waals surface area contributed by atoms with E-state index in [9.17, 15) is 4.79 Å². The van der Waals surface area contributed by atoms with Crippen LogP contribution in [-0.4, -0.2) is 35.3 Å². The smallest absolute Gasteiger partial charge is 0.224 e. The van der Waals surface area contributed by atoms with Crippen molar-refractivity contribution in [3.63, 3.8) is 0 Å². The van der Waals surface area contributed by atoms with Gasteiger partial charge in [0, 0.05) is 28.9 Å². The molecular weight excluding hydrogens is 347 g/mol. The Labute approximate surface area is 154 Å². The number of aryl methyl sites for hydroxylation is 1. The maximum absolute atomic E-state index is 12.1. The van der Waals surface area contributed by atoms with Crippen LogP contribution in [0.1, 0.15) is 23.9 Å². The number of halogens is 2. The Morgan fingerprint density at radius 1 is 1.29 bits per heavy atom. The summed E-state index contributed by atoms with van der Waals surface area (Å²) in [7, 11) is 1.88. The second-order valence-electron chi connectivity index (χ2n) is 5.71. The van der Waals surface area contributed by atoms with Gasteiger partial charge in [0.25, 0.3) is 0 Å². The number of hydrogen-bond donors (Lipinski definition) is 2. The average molecular weight is 371 g/mol. The number of rotatable bonds is 6. The molecule has 2 rings (SSSR count). The summed E-state index contributed by atoms with van der Waals surface area (Å²) in [5, 5.41) is 11.3. The topological polar surface area (TPSA) is 58.9 Å². The summed E-state index contributed by atoms with van der Waals surface area (Å²) >= 11 is 5.93. The molecule has 0 saturated heterocycles. The van der Waals surface area contributed by atoms with E-state index in [0.29, 0.717) is 18.0 Å². The van der Waals surface area contributed by atoms with Gasteiger partial charge >= 0.3 is 0 Å². The van der Waals surface area contributed by atoms with Gasteiger partial charge < -0.3 is 10.6 Å². The first-order valence-corrected chi connectivity index (χ1v) is 8.05. The molecule has 0 aliphatic rings. The number of carbonyl (C=O) groups is 1. The summed E-state index contributed by atoms with van der Waals surface area (Å²) < 4.78 is 1.85. The summed E-state index contributed by atoms with van der Waals surface area (Å²) in [6.45, 7) is 6.54. The normalized spacial score (nSPS) is 11.7. The molecule has 0 aliphatic heterocycles. The van der Waals surface area contributed by atoms with Gasteiger partial charge in [-0.1, -0.05) is 11.6 Å². The van der Waals surface area contributed by atoms with E-state index in [1.54, 1.807) is 0 Å². The van der Waals surface area contributed by atoms with E-state index < -0.39 is 0 Å². The summed E-state index contributed by atoms with van der Waals surface area (Å²) in [4.78, 5) is 12.1. The Hall–Kier alpha value is -1.56. The van der Waals surface area contributed by atoms with Crippen LogP contribution in [-0.2, 0) is 11.2 Å². The molecule has 7 heteroatoms. The van der Waals surface area contributed by atoms with Crippen molar-refractivity contribution in [1.82, 2.24) is 20.4 Å². The van der Waals surface area contributed by atoms with E-state index in [2.05, 4.69) is 15.7 Å². The zero-order valence-corrected chi connectivity index (χ0v) is 16.0. The van der Waals surface area contributed by atoms with Crippen molar-refractivity contribution in [3.05, 3.63) is 46.2 Å². The van der Waals surface area contributed by atoms with Crippen LogP contribution in [0.15, 0.2) is 24.3 Å². The summed E-state index contributed by atoms with van der Waals surface area (Å²) in [5.74, 6) is 0.00829. The molecule has 1 atom stereocenters. The Morgan fingerprint density at radius 2 is 1.92 bits per heavy atom. The highest BCUT2D eigenvalue weighted by Gasteiger charge is 2.16. The number of carbonyl (C=O) groups excluding carboxylic acids is 1. The lowest BCUT2D eigenvalue weighted by Gasteiger charge is -2.11. The van der Waals surface area contributed by atoms with Crippen LogP contribution in [0.4, 0.5) is 0 Å². The Balaban J connectivity index is 0.00000288. The van der Waals surface area contributed by atoms with E-state index in [1.165, 1.54) is 0 Å². The van der Waals surface area contributed by atoms with Crippen LogP contribution in [0.3, 0.4) is 0 Å². The van der Waals surface area contributed by atoms with Gasteiger partial charge in [-0.15, -0.1) is 12.4 Å². The molecule has 5 nitrogen and oxygen atoms in total. The predicted octanol–water partition coefficient (Wildman–Crippen LogP) is 2.83. The number of nitrogens with zero attached hydrogens (tertiary/aromatic N) is 2. The van der Waals surface area contributed by atoms with Gasteiger partial charge in [0.1, 0.15) is 0 Å². The minimum absolute atomic E-state index is 0. The lowest BCUT2D eigenvalue weighted by Crippen LogP contribution is -2.37. The molecule has 0 fully saturated rings. The van der Waals surface area contributed by atoms with Crippen molar-refractivity contribution in [2.45, 2.75) is 33.2 Å². The molecular formula is C17H24Cl2N4O. The first kappa shape index (κ1) is 20.5. The molecule has 0 bridgehead atoms. The van der Waals surface area contributed by atoms with Gasteiger partial charge in [0.2, 0.25) is 5.91 Å². The van der Waals surface area contributed by atoms with Crippen LogP contribution >= 0.6 is 24.0 Å². The molecule has 1 unspecified atom stereocenters. The predicted molar refractivity (Wildman–Crippen MR) is 101 cm³/mol. The molecule has 1 amide bonds. The van der Waals surface area contributed by atoms with Crippen molar-refractivity contribution in [1.29, 1.82) is 0 Å². The van der Waals surface area contributed by atoms with E-state index in [-0.39, 0.29) is 24.4 Å². The minimum Gasteiger partial charge on any atom is -0.354 e. The molecule has 2 aromatic rings. The highest BCUT2D eigenvalue weighted by Crippen LogP contribution is 2.20. The van der Waals surface area contributed by atoms with Crippen molar-refractivity contribution >= 4 is 29.9 Å². The van der Waals surface area contributed by atoms with Gasteiger partial charge in [-0.25, -0.2) is 4.68 Å². The van der Waals surface area contributed by atoms with Crippen LogP contribution in [0.2, 0.25) is 5.02 Å². The van der Waals surface area contributed by atoms with Crippen molar-refractivity contribution < 1.29 is 4.79 Å². The van der Waals surface area contributed by atoms with Gasteiger partial charge in [-0.3, -0.25) is 4.79 Å². The molecule has 1 aromatic heterocycles. The molecule has 0 saturated carbocycles. The van der Waals surface area contributed by atoms with E-state index in [0.717, 1.165) is 22.6 Å². The Morgan fingerprint density at radius 3 is 2.50 bits per heavy atom. The third-order valence-corrected chi connectivity index (χ3v) is 4.20. The zero-order chi connectivity index (χ0) is 17.0. The van der Waals surface area contributed by atoms with Crippen molar-refractivity contribution in [3.8, 4) is 5.69 Å². The maximum atomic E-state index is 12.1. The number of benzene rings is 1. The Kier molecular flexibility index (Phi) is 7.73. The van der Waals surface area contributed by atoms with E-state index in [1.807, 2.05) is 56.8 Å². The number of likely N-dealkylation sites (N-methyl/N-ethyl adjacent to an activating group) is 1. The highest BCUT2D eigenvalue weighted by molar-refractivity contribution is 6.30. The lowest BCUT2D eigenvalue weighted by atomic mass is 10.1. The Bertz CT molecular complexity index is 683.